The van der Waals surface area contributed by atoms with Crippen molar-refractivity contribution in [3.05, 3.63) is 16.1 Å². The third-order valence-electron chi connectivity index (χ3n) is 3.07. The molecule has 6 nitrogen and oxygen atoms in total. The van der Waals surface area contributed by atoms with E-state index >= 15 is 0 Å². The maximum absolute atomic E-state index is 11.9. The molecular weight excluding hydrogens is 268 g/mol. The number of aromatic carboxylic acids is 1. The van der Waals surface area contributed by atoms with Crippen LogP contribution in [0, 0.1) is 5.92 Å². The average molecular weight is 282 g/mol. The minimum Gasteiger partial charge on any atom is -0.476 e. The van der Waals surface area contributed by atoms with E-state index in [1.54, 1.807) is 6.92 Å². The standard InChI is InChI=1S/C12H14N2O4S/c1-6-3-9(15)14(10(16)4-6)7(2)11-13-8(5-19-11)12(17)18/h5-7H,3-4H2,1-2H3,(H,17,18). The summed E-state index contributed by atoms with van der Waals surface area (Å²) in [5.74, 6) is -1.49. The summed E-state index contributed by atoms with van der Waals surface area (Å²) in [6.45, 7) is 3.56. The molecule has 7 heteroatoms. The lowest BCUT2D eigenvalue weighted by Crippen LogP contribution is -2.44. The minimum absolute atomic E-state index is 0.0582. The Morgan fingerprint density at radius 3 is 2.53 bits per heavy atom. The van der Waals surface area contributed by atoms with E-state index in [-0.39, 0.29) is 23.4 Å². The maximum atomic E-state index is 11.9. The van der Waals surface area contributed by atoms with Crippen molar-refractivity contribution in [1.82, 2.24) is 9.88 Å². The molecule has 1 N–H and O–H groups in total. The predicted molar refractivity (Wildman–Crippen MR) is 67.7 cm³/mol. The second kappa shape index (κ2) is 5.08. The van der Waals surface area contributed by atoms with Gasteiger partial charge < -0.3 is 5.11 Å². The van der Waals surface area contributed by atoms with E-state index in [0.29, 0.717) is 17.8 Å². The topological polar surface area (TPSA) is 87.6 Å². The van der Waals surface area contributed by atoms with Crippen LogP contribution in [0.25, 0.3) is 0 Å². The largest absolute Gasteiger partial charge is 0.476 e. The number of likely N-dealkylation sites (tertiary alicyclic amines) is 1. The van der Waals surface area contributed by atoms with Crippen LogP contribution in [0.1, 0.15) is 48.2 Å². The van der Waals surface area contributed by atoms with Gasteiger partial charge in [0.2, 0.25) is 11.8 Å². The van der Waals surface area contributed by atoms with Gasteiger partial charge in [-0.2, -0.15) is 0 Å². The Morgan fingerprint density at radius 1 is 1.47 bits per heavy atom. The number of carbonyl (C=O) groups is 3. The Balaban J connectivity index is 2.22. The summed E-state index contributed by atoms with van der Waals surface area (Å²) in [5.41, 5.74) is -0.0582. The highest BCUT2D eigenvalue weighted by Crippen LogP contribution is 2.29. The first kappa shape index (κ1) is 13.7. The molecule has 2 heterocycles. The van der Waals surface area contributed by atoms with Crippen LogP contribution in [0.15, 0.2) is 5.38 Å². The molecule has 0 aromatic carbocycles. The first-order valence-corrected chi connectivity index (χ1v) is 6.81. The second-order valence-electron chi connectivity index (χ2n) is 4.72. The van der Waals surface area contributed by atoms with Crippen LogP contribution < -0.4 is 0 Å². The number of nitrogens with zero attached hydrogens (tertiary/aromatic N) is 2. The molecule has 19 heavy (non-hydrogen) atoms. The Labute approximate surface area is 114 Å². The molecule has 0 aliphatic carbocycles. The maximum Gasteiger partial charge on any atom is 0.355 e. The molecule has 0 spiro atoms. The van der Waals surface area contributed by atoms with Gasteiger partial charge in [-0.1, -0.05) is 6.92 Å². The third kappa shape index (κ3) is 2.65. The monoisotopic (exact) mass is 282 g/mol. The summed E-state index contributed by atoms with van der Waals surface area (Å²) < 4.78 is 0. The van der Waals surface area contributed by atoms with Gasteiger partial charge in [0.25, 0.3) is 0 Å². The summed E-state index contributed by atoms with van der Waals surface area (Å²) in [7, 11) is 0. The molecule has 1 aromatic heterocycles. The molecule has 1 atom stereocenters. The zero-order valence-electron chi connectivity index (χ0n) is 10.6. The van der Waals surface area contributed by atoms with Gasteiger partial charge in [0.1, 0.15) is 5.01 Å². The molecule has 1 aliphatic heterocycles. The van der Waals surface area contributed by atoms with E-state index in [9.17, 15) is 14.4 Å². The first-order chi connectivity index (χ1) is 8.90. The van der Waals surface area contributed by atoms with E-state index in [1.165, 1.54) is 10.3 Å². The predicted octanol–water partition coefficient (Wildman–Crippen LogP) is 1.69. The number of rotatable bonds is 3. The normalized spacial score (nSPS) is 18.7. The molecule has 1 aromatic rings. The van der Waals surface area contributed by atoms with Gasteiger partial charge in [-0.3, -0.25) is 14.5 Å². The van der Waals surface area contributed by atoms with E-state index in [0.717, 1.165) is 11.3 Å². The number of amides is 2. The van der Waals surface area contributed by atoms with E-state index in [1.807, 2.05) is 6.92 Å². The molecule has 1 fully saturated rings. The fourth-order valence-electron chi connectivity index (χ4n) is 2.12. The van der Waals surface area contributed by atoms with Gasteiger partial charge in [-0.15, -0.1) is 11.3 Å². The SMILES string of the molecule is CC1CC(=O)N(C(C)c2nc(C(=O)O)cs2)C(=O)C1. The van der Waals surface area contributed by atoms with Crippen molar-refractivity contribution in [2.45, 2.75) is 32.7 Å². The lowest BCUT2D eigenvalue weighted by Gasteiger charge is -2.32. The molecule has 102 valence electrons. The van der Waals surface area contributed by atoms with Crippen molar-refractivity contribution in [1.29, 1.82) is 0 Å². The highest BCUT2D eigenvalue weighted by Gasteiger charge is 2.35. The quantitative estimate of drug-likeness (QED) is 0.852. The van der Waals surface area contributed by atoms with Gasteiger partial charge in [0, 0.05) is 18.2 Å². The fourth-order valence-corrected chi connectivity index (χ4v) is 2.96. The number of carboxylic acids is 1. The molecule has 1 aliphatic rings. The highest BCUT2D eigenvalue weighted by atomic mass is 32.1. The van der Waals surface area contributed by atoms with Gasteiger partial charge in [0.15, 0.2) is 5.69 Å². The summed E-state index contributed by atoms with van der Waals surface area (Å²) in [5, 5.41) is 10.7. The molecule has 2 rings (SSSR count). The van der Waals surface area contributed by atoms with Crippen molar-refractivity contribution < 1.29 is 19.5 Å². The number of thiazole rings is 1. The van der Waals surface area contributed by atoms with E-state index < -0.39 is 12.0 Å². The van der Waals surface area contributed by atoms with Crippen molar-refractivity contribution in [2.24, 2.45) is 5.92 Å². The fraction of sp³-hybridized carbons (Fsp3) is 0.500. The number of piperidine rings is 1. The van der Waals surface area contributed by atoms with Crippen LogP contribution >= 0.6 is 11.3 Å². The minimum atomic E-state index is -1.11. The van der Waals surface area contributed by atoms with Crippen molar-refractivity contribution >= 4 is 29.1 Å². The zero-order chi connectivity index (χ0) is 14.2. The molecule has 0 saturated carbocycles. The number of hydrogen-bond donors (Lipinski definition) is 1. The van der Waals surface area contributed by atoms with Gasteiger partial charge in [0.05, 0.1) is 6.04 Å². The third-order valence-corrected chi connectivity index (χ3v) is 4.08. The summed E-state index contributed by atoms with van der Waals surface area (Å²) in [4.78, 5) is 39.8. The lowest BCUT2D eigenvalue weighted by molar-refractivity contribution is -0.152. The van der Waals surface area contributed by atoms with Crippen LogP contribution in [0.3, 0.4) is 0 Å². The van der Waals surface area contributed by atoms with Gasteiger partial charge >= 0.3 is 5.97 Å². The number of aromatic nitrogens is 1. The Morgan fingerprint density at radius 2 is 2.05 bits per heavy atom. The summed E-state index contributed by atoms with van der Waals surface area (Å²) in [6, 6.07) is -0.509. The Bertz CT molecular complexity index is 522. The van der Waals surface area contributed by atoms with Crippen LogP contribution in [0.2, 0.25) is 0 Å². The van der Waals surface area contributed by atoms with Gasteiger partial charge in [-0.25, -0.2) is 9.78 Å². The Hall–Kier alpha value is -1.76. The first-order valence-electron chi connectivity index (χ1n) is 5.93. The van der Waals surface area contributed by atoms with Crippen LogP contribution in [-0.2, 0) is 9.59 Å². The number of hydrogen-bond acceptors (Lipinski definition) is 5. The molecule has 0 bridgehead atoms. The Kier molecular flexibility index (Phi) is 3.66. The second-order valence-corrected chi connectivity index (χ2v) is 5.61. The van der Waals surface area contributed by atoms with E-state index in [2.05, 4.69) is 4.98 Å². The molecule has 1 unspecified atom stereocenters. The van der Waals surface area contributed by atoms with Crippen LogP contribution in [0.5, 0.6) is 0 Å². The molecule has 1 saturated heterocycles. The van der Waals surface area contributed by atoms with Crippen molar-refractivity contribution in [2.75, 3.05) is 0 Å². The number of imide groups is 1. The molecule has 0 radical (unpaired) electrons. The average Bonchev–Trinajstić information content (AvgIpc) is 2.76. The van der Waals surface area contributed by atoms with Crippen LogP contribution in [-0.4, -0.2) is 32.8 Å². The molecule has 2 amide bonds. The van der Waals surface area contributed by atoms with E-state index in [4.69, 9.17) is 5.11 Å². The van der Waals surface area contributed by atoms with Crippen molar-refractivity contribution in [3.63, 3.8) is 0 Å². The zero-order valence-corrected chi connectivity index (χ0v) is 11.4. The number of carbonyl (C=O) groups excluding carboxylic acids is 2. The lowest BCUT2D eigenvalue weighted by atomic mass is 9.97. The smallest absolute Gasteiger partial charge is 0.355 e. The van der Waals surface area contributed by atoms with Crippen LogP contribution in [0.4, 0.5) is 0 Å². The van der Waals surface area contributed by atoms with Crippen molar-refractivity contribution in [3.8, 4) is 0 Å². The molecular formula is C12H14N2O4S. The van der Waals surface area contributed by atoms with Gasteiger partial charge in [-0.05, 0) is 12.8 Å². The summed E-state index contributed by atoms with van der Waals surface area (Å²) in [6.07, 6.45) is 0.681. The number of carboxylic acid groups (broad SMARTS) is 1. The summed E-state index contributed by atoms with van der Waals surface area (Å²) >= 11 is 1.15. The highest BCUT2D eigenvalue weighted by molar-refractivity contribution is 7.09.